The van der Waals surface area contributed by atoms with Gasteiger partial charge in [-0.15, -0.1) is 0 Å². The summed E-state index contributed by atoms with van der Waals surface area (Å²) in [6.07, 6.45) is 1.36. The normalized spacial score (nSPS) is 9.44. The molecule has 0 atom stereocenters. The first-order valence-electron chi connectivity index (χ1n) is 2.34. The average molecular weight is 189 g/mol. The van der Waals surface area contributed by atoms with Gasteiger partial charge in [0.1, 0.15) is 6.20 Å². The van der Waals surface area contributed by atoms with Gasteiger partial charge in [0.15, 0.2) is 0 Å². The van der Waals surface area contributed by atoms with E-state index in [4.69, 9.17) is 5.73 Å². The summed E-state index contributed by atoms with van der Waals surface area (Å²) < 4.78 is 1.33. The molecular formula is C5H5BrN2O. The van der Waals surface area contributed by atoms with E-state index in [1.807, 2.05) is 0 Å². The molecule has 1 rings (SSSR count). The Balaban J connectivity index is 3.17. The molecule has 0 aliphatic carbocycles. The first kappa shape index (κ1) is 6.35. The molecule has 0 aliphatic rings. The molecule has 9 heavy (non-hydrogen) atoms. The van der Waals surface area contributed by atoms with Gasteiger partial charge in [0, 0.05) is 6.07 Å². The molecule has 3 nitrogen and oxygen atoms in total. The highest BCUT2D eigenvalue weighted by atomic mass is 79.9. The molecule has 0 radical (unpaired) electrons. The fraction of sp³-hybridized carbons (Fsp3) is 0. The lowest BCUT2D eigenvalue weighted by atomic mass is 10.5. The molecule has 0 bridgehead atoms. The number of rotatable bonds is 0. The molecular weight excluding hydrogens is 184 g/mol. The van der Waals surface area contributed by atoms with Crippen molar-refractivity contribution < 1.29 is 4.73 Å². The highest BCUT2D eigenvalue weighted by Gasteiger charge is 1.93. The van der Waals surface area contributed by atoms with Crippen LogP contribution in [0.3, 0.4) is 0 Å². The Kier molecular flexibility index (Phi) is 1.57. The quantitative estimate of drug-likeness (QED) is 0.481. The van der Waals surface area contributed by atoms with Crippen LogP contribution in [0.4, 0.5) is 5.82 Å². The van der Waals surface area contributed by atoms with Crippen LogP contribution < -0.4 is 10.5 Å². The molecule has 1 aromatic rings. The second kappa shape index (κ2) is 2.23. The Bertz CT molecular complexity index is 226. The van der Waals surface area contributed by atoms with E-state index in [2.05, 4.69) is 15.9 Å². The lowest BCUT2D eigenvalue weighted by Gasteiger charge is -2.02. The lowest BCUT2D eigenvalue weighted by molar-refractivity contribution is -0.590. The third kappa shape index (κ3) is 1.32. The number of anilines is 1. The van der Waals surface area contributed by atoms with Crippen LogP contribution in [0.2, 0.25) is 0 Å². The first-order chi connectivity index (χ1) is 4.20. The van der Waals surface area contributed by atoms with E-state index >= 15 is 0 Å². The van der Waals surface area contributed by atoms with E-state index in [0.29, 0.717) is 4.73 Å². The number of halogens is 1. The first-order valence-corrected chi connectivity index (χ1v) is 3.13. The van der Waals surface area contributed by atoms with Crippen LogP contribution in [0.1, 0.15) is 0 Å². The predicted octanol–water partition coefficient (Wildman–Crippen LogP) is 0.665. The van der Waals surface area contributed by atoms with Gasteiger partial charge in [-0.3, -0.25) is 5.73 Å². The zero-order valence-corrected chi connectivity index (χ0v) is 6.13. The number of hydrogen-bond acceptors (Lipinski definition) is 2. The van der Waals surface area contributed by atoms with E-state index in [1.165, 1.54) is 12.3 Å². The number of nitrogens with zero attached hydrogens (tertiary/aromatic N) is 1. The SMILES string of the molecule is Nc1ccc(Br)c[n+]1[O-]. The summed E-state index contributed by atoms with van der Waals surface area (Å²) in [6.45, 7) is 0. The van der Waals surface area contributed by atoms with Crippen LogP contribution in [0, 0.1) is 5.21 Å². The zero-order valence-electron chi connectivity index (χ0n) is 4.54. The summed E-state index contributed by atoms with van der Waals surface area (Å²) >= 11 is 3.12. The third-order valence-electron chi connectivity index (χ3n) is 0.908. The molecule has 48 valence electrons. The molecule has 0 saturated heterocycles. The largest absolute Gasteiger partial charge is 0.711 e. The second-order valence-electron chi connectivity index (χ2n) is 1.60. The Morgan fingerprint density at radius 1 is 1.56 bits per heavy atom. The summed E-state index contributed by atoms with van der Waals surface area (Å²) in [7, 11) is 0. The van der Waals surface area contributed by atoms with Crippen molar-refractivity contribution in [2.75, 3.05) is 5.73 Å². The number of hydrogen-bond donors (Lipinski definition) is 1. The van der Waals surface area contributed by atoms with Gasteiger partial charge in [-0.05, 0) is 22.0 Å². The molecule has 0 aliphatic heterocycles. The minimum atomic E-state index is 0.207. The highest BCUT2D eigenvalue weighted by Crippen LogP contribution is 2.05. The number of nitrogen functional groups attached to an aromatic ring is 1. The minimum absolute atomic E-state index is 0.207. The van der Waals surface area contributed by atoms with Gasteiger partial charge < -0.3 is 5.21 Å². The Hall–Kier alpha value is -0.770. The Morgan fingerprint density at radius 2 is 2.22 bits per heavy atom. The molecule has 2 N–H and O–H groups in total. The van der Waals surface area contributed by atoms with Gasteiger partial charge in [-0.2, -0.15) is 0 Å². The van der Waals surface area contributed by atoms with Crippen LogP contribution in [-0.4, -0.2) is 0 Å². The maximum absolute atomic E-state index is 10.6. The smallest absolute Gasteiger partial charge is 0.275 e. The van der Waals surface area contributed by atoms with Crippen molar-refractivity contribution in [1.29, 1.82) is 0 Å². The maximum Gasteiger partial charge on any atom is 0.275 e. The van der Waals surface area contributed by atoms with Crippen LogP contribution in [-0.2, 0) is 0 Å². The van der Waals surface area contributed by atoms with E-state index < -0.39 is 0 Å². The molecule has 0 saturated carbocycles. The van der Waals surface area contributed by atoms with Crippen LogP contribution in [0.5, 0.6) is 0 Å². The summed E-state index contributed by atoms with van der Waals surface area (Å²) in [4.78, 5) is 0. The fourth-order valence-electron chi connectivity index (χ4n) is 0.468. The lowest BCUT2D eigenvalue weighted by Crippen LogP contribution is -2.29. The van der Waals surface area contributed by atoms with Crippen molar-refractivity contribution in [2.24, 2.45) is 0 Å². The van der Waals surface area contributed by atoms with Gasteiger partial charge in [-0.1, -0.05) is 0 Å². The van der Waals surface area contributed by atoms with Crippen molar-refractivity contribution in [3.05, 3.63) is 28.0 Å². The van der Waals surface area contributed by atoms with Crippen LogP contribution in [0.15, 0.2) is 22.8 Å². The van der Waals surface area contributed by atoms with E-state index in [9.17, 15) is 5.21 Å². The van der Waals surface area contributed by atoms with Gasteiger partial charge in [-0.25, -0.2) is 4.73 Å². The molecule has 0 fully saturated rings. The Labute approximate surface area is 60.8 Å². The number of nitrogens with two attached hydrogens (primary N) is 1. The third-order valence-corrected chi connectivity index (χ3v) is 1.38. The average Bonchev–Trinajstić information content (AvgIpc) is 1.80. The van der Waals surface area contributed by atoms with Gasteiger partial charge in [0.05, 0.1) is 4.47 Å². The topological polar surface area (TPSA) is 53.0 Å². The summed E-state index contributed by atoms with van der Waals surface area (Å²) in [6, 6.07) is 3.25. The van der Waals surface area contributed by atoms with Gasteiger partial charge >= 0.3 is 0 Å². The molecule has 1 heterocycles. The second-order valence-corrected chi connectivity index (χ2v) is 2.51. The summed E-state index contributed by atoms with van der Waals surface area (Å²) in [5.74, 6) is 0.207. The zero-order chi connectivity index (χ0) is 6.85. The van der Waals surface area contributed by atoms with Crippen molar-refractivity contribution in [1.82, 2.24) is 0 Å². The van der Waals surface area contributed by atoms with Crippen LogP contribution in [0.25, 0.3) is 0 Å². The monoisotopic (exact) mass is 188 g/mol. The molecule has 0 spiro atoms. The fourth-order valence-corrected chi connectivity index (χ4v) is 0.786. The van der Waals surface area contributed by atoms with E-state index in [0.717, 1.165) is 4.47 Å². The van der Waals surface area contributed by atoms with Crippen molar-refractivity contribution in [2.45, 2.75) is 0 Å². The van der Waals surface area contributed by atoms with E-state index in [1.54, 1.807) is 6.07 Å². The molecule has 0 aromatic carbocycles. The molecule has 1 aromatic heterocycles. The van der Waals surface area contributed by atoms with Crippen molar-refractivity contribution in [3.8, 4) is 0 Å². The summed E-state index contributed by atoms with van der Waals surface area (Å²) in [5.41, 5.74) is 5.22. The minimum Gasteiger partial charge on any atom is -0.711 e. The van der Waals surface area contributed by atoms with Gasteiger partial charge in [0.2, 0.25) is 0 Å². The number of pyridine rings is 1. The highest BCUT2D eigenvalue weighted by molar-refractivity contribution is 9.10. The van der Waals surface area contributed by atoms with E-state index in [-0.39, 0.29) is 5.82 Å². The molecule has 0 amide bonds. The molecule has 0 unspecified atom stereocenters. The maximum atomic E-state index is 10.6. The predicted molar refractivity (Wildman–Crippen MR) is 37.5 cm³/mol. The standard InChI is InChI=1S/C5H5BrN2O/c6-4-1-2-5(7)8(9)3-4/h1-3H,7H2. The summed E-state index contributed by atoms with van der Waals surface area (Å²) in [5, 5.41) is 10.6. The van der Waals surface area contributed by atoms with Crippen molar-refractivity contribution >= 4 is 21.7 Å². The number of aromatic nitrogens is 1. The van der Waals surface area contributed by atoms with Crippen LogP contribution >= 0.6 is 15.9 Å². The molecule has 4 heteroatoms. The van der Waals surface area contributed by atoms with Gasteiger partial charge in [0.25, 0.3) is 5.82 Å². The van der Waals surface area contributed by atoms with Crippen molar-refractivity contribution in [3.63, 3.8) is 0 Å². The Morgan fingerprint density at radius 3 is 2.67 bits per heavy atom.